The van der Waals surface area contributed by atoms with E-state index in [2.05, 4.69) is 26.1 Å². The molecule has 1 aromatic rings. The molecule has 3 nitrogen and oxygen atoms in total. The first-order valence-corrected chi connectivity index (χ1v) is 8.59. The first-order chi connectivity index (χ1) is 8.88. The molecular weight excluding hydrogens is 258 g/mol. The highest BCUT2D eigenvalue weighted by atomic mass is 32.2. The molecule has 0 aromatic heterocycles. The fourth-order valence-electron chi connectivity index (χ4n) is 1.77. The average Bonchev–Trinajstić information content (AvgIpc) is 2.36. The Morgan fingerprint density at radius 1 is 1.16 bits per heavy atom. The van der Waals surface area contributed by atoms with Gasteiger partial charge in [0.1, 0.15) is 0 Å². The van der Waals surface area contributed by atoms with Crippen LogP contribution in [0.1, 0.15) is 34.1 Å². The van der Waals surface area contributed by atoms with Gasteiger partial charge in [0, 0.05) is 6.54 Å². The molecule has 1 N–H and O–H groups in total. The van der Waals surface area contributed by atoms with E-state index in [1.54, 1.807) is 12.1 Å². The molecule has 0 saturated heterocycles. The summed E-state index contributed by atoms with van der Waals surface area (Å²) in [5.74, 6) is 1.28. The number of anilines is 1. The minimum atomic E-state index is -3.17. The zero-order valence-electron chi connectivity index (χ0n) is 12.3. The fraction of sp³-hybridized carbons (Fsp3) is 0.600. The number of nitrogens with one attached hydrogen (secondary N) is 1. The maximum Gasteiger partial charge on any atom is 0.180 e. The molecule has 19 heavy (non-hydrogen) atoms. The minimum absolute atomic E-state index is 0.200. The highest BCUT2D eigenvalue weighted by Gasteiger charge is 2.17. The number of hydrogen-bond acceptors (Lipinski definition) is 3. The molecular formula is C15H25NO2S. The van der Waals surface area contributed by atoms with Gasteiger partial charge in [-0.1, -0.05) is 39.8 Å². The number of para-hydroxylation sites is 1. The van der Waals surface area contributed by atoms with Gasteiger partial charge in [-0.05, 0) is 30.4 Å². The molecule has 0 bridgehead atoms. The lowest BCUT2D eigenvalue weighted by Crippen LogP contribution is -2.18. The highest BCUT2D eigenvalue weighted by molar-refractivity contribution is 7.91. The lowest BCUT2D eigenvalue weighted by molar-refractivity contribution is 0.439. The van der Waals surface area contributed by atoms with Crippen molar-refractivity contribution in [2.75, 3.05) is 17.6 Å². The summed E-state index contributed by atoms with van der Waals surface area (Å²) >= 11 is 0. The van der Waals surface area contributed by atoms with Crippen molar-refractivity contribution >= 4 is 15.5 Å². The van der Waals surface area contributed by atoms with Crippen LogP contribution in [-0.2, 0) is 9.84 Å². The van der Waals surface area contributed by atoms with E-state index < -0.39 is 9.84 Å². The van der Waals surface area contributed by atoms with Crippen molar-refractivity contribution in [2.45, 2.75) is 39.0 Å². The van der Waals surface area contributed by atoms with E-state index in [1.807, 2.05) is 19.1 Å². The van der Waals surface area contributed by atoms with Crippen LogP contribution in [0.3, 0.4) is 0 Å². The van der Waals surface area contributed by atoms with Crippen LogP contribution in [0.4, 0.5) is 5.69 Å². The summed E-state index contributed by atoms with van der Waals surface area (Å²) < 4.78 is 24.4. The second-order valence-corrected chi connectivity index (χ2v) is 7.49. The molecule has 4 heteroatoms. The predicted octanol–water partition coefficient (Wildman–Crippen LogP) is 3.57. The van der Waals surface area contributed by atoms with Crippen molar-refractivity contribution in [3.8, 4) is 0 Å². The summed E-state index contributed by atoms with van der Waals surface area (Å²) in [6, 6.07) is 7.18. The van der Waals surface area contributed by atoms with E-state index in [1.165, 1.54) is 0 Å². The first-order valence-electron chi connectivity index (χ1n) is 6.94. The molecule has 1 rings (SSSR count). The molecule has 0 heterocycles. The topological polar surface area (TPSA) is 46.2 Å². The standard InChI is InChI=1S/C15H25NO2S/c1-5-10-19(17,18)15-9-7-6-8-14(15)16-11-13(4)12(2)3/h6-9,12-13,16H,5,10-11H2,1-4H3. The Hall–Kier alpha value is -1.03. The second kappa shape index (κ2) is 6.94. The smallest absolute Gasteiger partial charge is 0.180 e. The zero-order valence-corrected chi connectivity index (χ0v) is 13.1. The molecule has 108 valence electrons. The predicted molar refractivity (Wildman–Crippen MR) is 81.3 cm³/mol. The Bertz CT molecular complexity index is 495. The second-order valence-electron chi connectivity index (χ2n) is 5.42. The van der Waals surface area contributed by atoms with Crippen LogP contribution in [0.25, 0.3) is 0 Å². The summed E-state index contributed by atoms with van der Waals surface area (Å²) in [5, 5.41) is 3.28. The normalized spacial score (nSPS) is 13.5. The van der Waals surface area contributed by atoms with E-state index in [-0.39, 0.29) is 5.75 Å². The molecule has 0 saturated carbocycles. The lowest BCUT2D eigenvalue weighted by atomic mass is 9.98. The number of hydrogen-bond donors (Lipinski definition) is 1. The number of sulfone groups is 1. The van der Waals surface area contributed by atoms with Crippen LogP contribution in [0.15, 0.2) is 29.2 Å². The largest absolute Gasteiger partial charge is 0.384 e. The van der Waals surface area contributed by atoms with Crippen LogP contribution >= 0.6 is 0 Å². The fourth-order valence-corrected chi connectivity index (χ4v) is 3.29. The average molecular weight is 283 g/mol. The maximum atomic E-state index is 12.2. The van der Waals surface area contributed by atoms with E-state index in [4.69, 9.17) is 0 Å². The van der Waals surface area contributed by atoms with Crippen LogP contribution < -0.4 is 5.32 Å². The van der Waals surface area contributed by atoms with Crippen molar-refractivity contribution in [1.29, 1.82) is 0 Å². The highest BCUT2D eigenvalue weighted by Crippen LogP contribution is 2.23. The van der Waals surface area contributed by atoms with Gasteiger partial charge in [0.15, 0.2) is 9.84 Å². The summed E-state index contributed by atoms with van der Waals surface area (Å²) in [7, 11) is -3.17. The quantitative estimate of drug-likeness (QED) is 0.832. The van der Waals surface area contributed by atoms with Crippen molar-refractivity contribution in [2.24, 2.45) is 11.8 Å². The van der Waals surface area contributed by atoms with Gasteiger partial charge in [0.25, 0.3) is 0 Å². The molecule has 0 aliphatic heterocycles. The van der Waals surface area contributed by atoms with Crippen LogP contribution in [0, 0.1) is 11.8 Å². The third-order valence-electron chi connectivity index (χ3n) is 3.45. The van der Waals surface area contributed by atoms with Crippen LogP contribution in [0.5, 0.6) is 0 Å². The maximum absolute atomic E-state index is 12.2. The van der Waals surface area contributed by atoms with Gasteiger partial charge in [-0.15, -0.1) is 0 Å². The molecule has 0 spiro atoms. The molecule has 1 unspecified atom stereocenters. The zero-order chi connectivity index (χ0) is 14.5. The monoisotopic (exact) mass is 283 g/mol. The van der Waals surface area contributed by atoms with Crippen molar-refractivity contribution in [1.82, 2.24) is 0 Å². The number of rotatable bonds is 7. The van der Waals surface area contributed by atoms with E-state index in [0.29, 0.717) is 23.2 Å². The van der Waals surface area contributed by atoms with Gasteiger partial charge >= 0.3 is 0 Å². The molecule has 0 fully saturated rings. The molecule has 0 amide bonds. The molecule has 0 aliphatic rings. The summed E-state index contributed by atoms with van der Waals surface area (Å²) in [4.78, 5) is 0.424. The van der Waals surface area contributed by atoms with Gasteiger partial charge < -0.3 is 5.32 Å². The Morgan fingerprint density at radius 2 is 1.79 bits per heavy atom. The van der Waals surface area contributed by atoms with Gasteiger partial charge in [0.2, 0.25) is 0 Å². The van der Waals surface area contributed by atoms with E-state index >= 15 is 0 Å². The van der Waals surface area contributed by atoms with Crippen molar-refractivity contribution in [3.63, 3.8) is 0 Å². The molecule has 1 aromatic carbocycles. The van der Waals surface area contributed by atoms with Gasteiger partial charge in [0.05, 0.1) is 16.3 Å². The van der Waals surface area contributed by atoms with Gasteiger partial charge in [-0.2, -0.15) is 0 Å². The molecule has 0 radical (unpaired) electrons. The van der Waals surface area contributed by atoms with E-state index in [9.17, 15) is 8.42 Å². The SMILES string of the molecule is CCCS(=O)(=O)c1ccccc1NCC(C)C(C)C. The third kappa shape index (κ3) is 4.53. The van der Waals surface area contributed by atoms with Crippen molar-refractivity contribution < 1.29 is 8.42 Å². The van der Waals surface area contributed by atoms with Gasteiger partial charge in [-0.25, -0.2) is 8.42 Å². The van der Waals surface area contributed by atoms with Crippen molar-refractivity contribution in [3.05, 3.63) is 24.3 Å². The van der Waals surface area contributed by atoms with Crippen LogP contribution in [0.2, 0.25) is 0 Å². The number of benzene rings is 1. The Labute approximate surface area is 117 Å². The van der Waals surface area contributed by atoms with Gasteiger partial charge in [-0.3, -0.25) is 0 Å². The lowest BCUT2D eigenvalue weighted by Gasteiger charge is -2.18. The molecule has 0 aliphatic carbocycles. The summed E-state index contributed by atoms with van der Waals surface area (Å²) in [6.45, 7) is 9.18. The minimum Gasteiger partial charge on any atom is -0.384 e. The third-order valence-corrected chi connectivity index (χ3v) is 5.42. The summed E-state index contributed by atoms with van der Waals surface area (Å²) in [5.41, 5.74) is 0.725. The Balaban J connectivity index is 2.91. The Morgan fingerprint density at radius 3 is 2.37 bits per heavy atom. The summed E-state index contributed by atoms with van der Waals surface area (Å²) in [6.07, 6.45) is 0.638. The molecule has 1 atom stereocenters. The van der Waals surface area contributed by atoms with Crippen LogP contribution in [-0.4, -0.2) is 20.7 Å². The van der Waals surface area contributed by atoms with E-state index in [0.717, 1.165) is 12.2 Å². The Kier molecular flexibility index (Phi) is 5.85. The first kappa shape index (κ1) is 16.0.